The molecule has 0 atom stereocenters. The Bertz CT molecular complexity index is 1120. The molecule has 0 bridgehead atoms. The Hall–Kier alpha value is -3.52. The van der Waals surface area contributed by atoms with E-state index in [-0.39, 0.29) is 0 Å². The van der Waals surface area contributed by atoms with Crippen LogP contribution in [0.15, 0.2) is 48.5 Å². The van der Waals surface area contributed by atoms with Gasteiger partial charge < -0.3 is 24.4 Å². The molecule has 0 saturated carbocycles. The first kappa shape index (κ1) is 20.4. The standard InChI is InChI=1S/C24H27N5O3/c1-28(2)12-13-30-19-9-7-18(8-10-19)25-24-26-23-5-3-4-20(29(23)27-24)17-6-11-21-22(16-17)32-15-14-31-21/h4,6-11,16H,3,5,12-15H2,1-2H3,(H,25,27). The molecule has 0 aliphatic carbocycles. The van der Waals surface area contributed by atoms with Crippen LogP contribution in [0.1, 0.15) is 17.8 Å². The zero-order chi connectivity index (χ0) is 21.9. The Labute approximate surface area is 187 Å². The van der Waals surface area contributed by atoms with E-state index in [4.69, 9.17) is 24.3 Å². The zero-order valence-corrected chi connectivity index (χ0v) is 18.4. The summed E-state index contributed by atoms with van der Waals surface area (Å²) in [7, 11) is 4.06. The Kier molecular flexibility index (Phi) is 5.68. The van der Waals surface area contributed by atoms with E-state index < -0.39 is 0 Å². The first-order chi connectivity index (χ1) is 15.7. The quantitative estimate of drug-likeness (QED) is 0.611. The van der Waals surface area contributed by atoms with Gasteiger partial charge in [0, 0.05) is 24.2 Å². The zero-order valence-electron chi connectivity index (χ0n) is 18.4. The van der Waals surface area contributed by atoms with Crippen LogP contribution in [0.25, 0.3) is 5.70 Å². The van der Waals surface area contributed by atoms with Gasteiger partial charge in [-0.15, -0.1) is 5.10 Å². The third-order valence-electron chi connectivity index (χ3n) is 5.36. The highest BCUT2D eigenvalue weighted by Crippen LogP contribution is 2.34. The van der Waals surface area contributed by atoms with Gasteiger partial charge in [0.1, 0.15) is 31.4 Å². The van der Waals surface area contributed by atoms with Crippen LogP contribution in [-0.4, -0.2) is 60.1 Å². The van der Waals surface area contributed by atoms with Crippen molar-refractivity contribution in [2.45, 2.75) is 12.8 Å². The summed E-state index contributed by atoms with van der Waals surface area (Å²) in [6, 6.07) is 13.9. The molecule has 3 heterocycles. The topological polar surface area (TPSA) is 73.7 Å². The molecule has 8 nitrogen and oxygen atoms in total. The second kappa shape index (κ2) is 8.92. The number of likely N-dealkylation sites (N-methyl/N-ethyl adjacent to an activating group) is 1. The molecule has 5 rings (SSSR count). The minimum absolute atomic E-state index is 0.567. The molecule has 0 saturated heterocycles. The normalized spacial score (nSPS) is 14.7. The van der Waals surface area contributed by atoms with Gasteiger partial charge in [-0.3, -0.25) is 0 Å². The highest BCUT2D eigenvalue weighted by atomic mass is 16.6. The fourth-order valence-corrected chi connectivity index (χ4v) is 3.73. The van der Waals surface area contributed by atoms with E-state index in [9.17, 15) is 0 Å². The van der Waals surface area contributed by atoms with Crippen LogP contribution in [0.5, 0.6) is 17.2 Å². The van der Waals surface area contributed by atoms with Gasteiger partial charge in [0.25, 0.3) is 0 Å². The van der Waals surface area contributed by atoms with Gasteiger partial charge in [0.15, 0.2) is 11.5 Å². The molecular formula is C24H27N5O3. The fourth-order valence-electron chi connectivity index (χ4n) is 3.73. The predicted molar refractivity (Wildman–Crippen MR) is 123 cm³/mol. The highest BCUT2D eigenvalue weighted by Gasteiger charge is 2.20. The number of nitrogens with zero attached hydrogens (tertiary/aromatic N) is 4. The van der Waals surface area contributed by atoms with Gasteiger partial charge in [-0.1, -0.05) is 6.08 Å². The lowest BCUT2D eigenvalue weighted by molar-refractivity contribution is 0.171. The average Bonchev–Trinajstić information content (AvgIpc) is 3.22. The fraction of sp³-hybridized carbons (Fsp3) is 0.333. The minimum Gasteiger partial charge on any atom is -0.492 e. The smallest absolute Gasteiger partial charge is 0.247 e. The maximum Gasteiger partial charge on any atom is 0.247 e. The summed E-state index contributed by atoms with van der Waals surface area (Å²) in [5.41, 5.74) is 2.96. The van der Waals surface area contributed by atoms with E-state index in [1.165, 1.54) is 0 Å². The number of hydrogen-bond acceptors (Lipinski definition) is 7. The Morgan fingerprint density at radius 2 is 1.88 bits per heavy atom. The highest BCUT2D eigenvalue weighted by molar-refractivity contribution is 5.69. The summed E-state index contributed by atoms with van der Waals surface area (Å²) < 4.78 is 19.1. The largest absolute Gasteiger partial charge is 0.492 e. The van der Waals surface area contributed by atoms with Crippen molar-refractivity contribution in [1.29, 1.82) is 0 Å². The second-order valence-electron chi connectivity index (χ2n) is 8.05. The molecule has 2 aromatic carbocycles. The van der Waals surface area contributed by atoms with E-state index in [1.807, 2.05) is 61.2 Å². The van der Waals surface area contributed by atoms with Gasteiger partial charge in [0.05, 0.1) is 5.70 Å². The molecule has 0 fully saturated rings. The Morgan fingerprint density at radius 3 is 2.69 bits per heavy atom. The number of ether oxygens (including phenoxy) is 3. The molecule has 2 aliphatic rings. The molecule has 0 radical (unpaired) electrons. The average molecular weight is 434 g/mol. The van der Waals surface area contributed by atoms with Crippen molar-refractivity contribution in [1.82, 2.24) is 19.7 Å². The lowest BCUT2D eigenvalue weighted by Crippen LogP contribution is -2.19. The number of aromatic nitrogens is 3. The van der Waals surface area contributed by atoms with Crippen LogP contribution in [0.4, 0.5) is 11.6 Å². The molecule has 0 spiro atoms. The number of allylic oxidation sites excluding steroid dienone is 1. The summed E-state index contributed by atoms with van der Waals surface area (Å²) in [4.78, 5) is 6.80. The van der Waals surface area contributed by atoms with Crippen LogP contribution in [0, 0.1) is 0 Å². The lowest BCUT2D eigenvalue weighted by atomic mass is 10.1. The molecule has 3 aromatic rings. The van der Waals surface area contributed by atoms with Crippen molar-refractivity contribution in [2.24, 2.45) is 0 Å². The molecule has 1 N–H and O–H groups in total. The van der Waals surface area contributed by atoms with Gasteiger partial charge in [-0.05, 0) is 63.0 Å². The van der Waals surface area contributed by atoms with E-state index >= 15 is 0 Å². The maximum absolute atomic E-state index is 5.76. The summed E-state index contributed by atoms with van der Waals surface area (Å²) in [6.07, 6.45) is 3.96. The first-order valence-electron chi connectivity index (χ1n) is 10.9. The molecule has 2 aliphatic heterocycles. The van der Waals surface area contributed by atoms with Gasteiger partial charge in [0.2, 0.25) is 5.95 Å². The third-order valence-corrected chi connectivity index (χ3v) is 5.36. The summed E-state index contributed by atoms with van der Waals surface area (Å²) >= 11 is 0. The van der Waals surface area contributed by atoms with Crippen molar-refractivity contribution in [2.75, 3.05) is 45.8 Å². The Balaban J connectivity index is 1.30. The summed E-state index contributed by atoms with van der Waals surface area (Å²) in [5, 5.41) is 8.03. The van der Waals surface area contributed by atoms with E-state index in [0.717, 1.165) is 59.4 Å². The van der Waals surface area contributed by atoms with Gasteiger partial charge in [-0.25, -0.2) is 4.68 Å². The van der Waals surface area contributed by atoms with E-state index in [0.29, 0.717) is 25.8 Å². The van der Waals surface area contributed by atoms with Crippen molar-refractivity contribution < 1.29 is 14.2 Å². The first-order valence-corrected chi connectivity index (χ1v) is 10.9. The number of rotatable bonds is 7. The van der Waals surface area contributed by atoms with Crippen molar-refractivity contribution >= 4 is 17.3 Å². The molecular weight excluding hydrogens is 406 g/mol. The molecule has 8 heteroatoms. The van der Waals surface area contributed by atoms with E-state index in [1.54, 1.807) is 0 Å². The van der Waals surface area contributed by atoms with Crippen LogP contribution in [0.2, 0.25) is 0 Å². The number of benzene rings is 2. The van der Waals surface area contributed by atoms with Crippen LogP contribution in [0.3, 0.4) is 0 Å². The summed E-state index contributed by atoms with van der Waals surface area (Å²) in [5.74, 6) is 3.91. The van der Waals surface area contributed by atoms with Crippen molar-refractivity contribution in [3.05, 3.63) is 59.9 Å². The van der Waals surface area contributed by atoms with Crippen molar-refractivity contribution in [3.63, 3.8) is 0 Å². The number of nitrogens with one attached hydrogen (secondary N) is 1. The molecule has 32 heavy (non-hydrogen) atoms. The van der Waals surface area contributed by atoms with Crippen LogP contribution < -0.4 is 19.5 Å². The van der Waals surface area contributed by atoms with Gasteiger partial charge in [-0.2, -0.15) is 4.98 Å². The minimum atomic E-state index is 0.567. The number of hydrogen-bond donors (Lipinski definition) is 1. The monoisotopic (exact) mass is 433 g/mol. The van der Waals surface area contributed by atoms with Crippen LogP contribution >= 0.6 is 0 Å². The van der Waals surface area contributed by atoms with Gasteiger partial charge >= 0.3 is 0 Å². The predicted octanol–water partition coefficient (Wildman–Crippen LogP) is 3.57. The SMILES string of the molecule is CN(C)CCOc1ccc(Nc2nc3n(n2)C(c2ccc4c(c2)OCCO4)=CCC3)cc1. The molecule has 0 unspecified atom stereocenters. The number of aryl methyl sites for hydroxylation is 1. The second-order valence-corrected chi connectivity index (χ2v) is 8.05. The van der Waals surface area contributed by atoms with Crippen molar-refractivity contribution in [3.8, 4) is 17.2 Å². The third kappa shape index (κ3) is 4.40. The molecule has 166 valence electrons. The number of anilines is 2. The molecule has 0 amide bonds. The molecule has 1 aromatic heterocycles. The Morgan fingerprint density at radius 1 is 1.06 bits per heavy atom. The number of fused-ring (bicyclic) bond motifs is 2. The van der Waals surface area contributed by atoms with Crippen LogP contribution in [-0.2, 0) is 6.42 Å². The lowest BCUT2D eigenvalue weighted by Gasteiger charge is -2.20. The maximum atomic E-state index is 5.76. The van der Waals surface area contributed by atoms with E-state index in [2.05, 4.69) is 16.3 Å². The summed E-state index contributed by atoms with van der Waals surface area (Å²) in [6.45, 7) is 2.69.